The van der Waals surface area contributed by atoms with Crippen molar-refractivity contribution in [1.29, 1.82) is 0 Å². The Labute approximate surface area is 141 Å². The minimum absolute atomic E-state index is 0.491. The van der Waals surface area contributed by atoms with Crippen molar-refractivity contribution in [3.8, 4) is 5.75 Å². The Kier molecular flexibility index (Phi) is 4.50. The van der Waals surface area contributed by atoms with Gasteiger partial charge >= 0.3 is 15.6 Å². The minimum atomic E-state index is -5.78. The van der Waals surface area contributed by atoms with Crippen molar-refractivity contribution < 1.29 is 25.8 Å². The summed E-state index contributed by atoms with van der Waals surface area (Å²) in [5.74, 6) is -0.578. The van der Waals surface area contributed by atoms with E-state index in [-0.39, 0.29) is 0 Å². The lowest BCUT2D eigenvalue weighted by Crippen LogP contribution is -2.28. The van der Waals surface area contributed by atoms with Gasteiger partial charge in [0, 0.05) is 12.6 Å². The molecule has 0 saturated carbocycles. The first-order chi connectivity index (χ1) is 11.7. The van der Waals surface area contributed by atoms with E-state index in [9.17, 15) is 26.4 Å². The zero-order valence-electron chi connectivity index (χ0n) is 13.0. The molecule has 0 amide bonds. The van der Waals surface area contributed by atoms with E-state index in [0.29, 0.717) is 12.1 Å². The lowest BCUT2D eigenvalue weighted by atomic mass is 10.2. The van der Waals surface area contributed by atoms with E-state index in [1.165, 1.54) is 12.1 Å². The summed E-state index contributed by atoms with van der Waals surface area (Å²) in [6, 6.07) is 5.45. The Hall–Kier alpha value is -2.07. The molecule has 0 N–H and O–H groups in total. The maximum absolute atomic E-state index is 12.4. The number of rotatable bonds is 4. The monoisotopic (exact) mass is 376 g/mol. The van der Waals surface area contributed by atoms with Gasteiger partial charge < -0.3 is 4.18 Å². The number of halogens is 3. The van der Waals surface area contributed by atoms with Crippen LogP contribution in [0.4, 0.5) is 13.2 Å². The van der Waals surface area contributed by atoms with Crippen LogP contribution < -0.4 is 9.74 Å². The lowest BCUT2D eigenvalue weighted by Gasteiger charge is -2.17. The van der Waals surface area contributed by atoms with Crippen LogP contribution in [-0.4, -0.2) is 36.3 Å². The Balaban J connectivity index is 1.97. The Morgan fingerprint density at radius 3 is 2.40 bits per heavy atom. The van der Waals surface area contributed by atoms with E-state index < -0.39 is 26.9 Å². The Bertz CT molecular complexity index is 947. The number of hydrogen-bond donors (Lipinski definition) is 0. The van der Waals surface area contributed by atoms with Crippen LogP contribution in [-0.2, 0) is 16.7 Å². The lowest BCUT2D eigenvalue weighted by molar-refractivity contribution is -0.0500. The van der Waals surface area contributed by atoms with Gasteiger partial charge in [0.05, 0.1) is 11.7 Å². The highest BCUT2D eigenvalue weighted by molar-refractivity contribution is 7.88. The molecule has 0 bridgehead atoms. The van der Waals surface area contributed by atoms with Gasteiger partial charge in [-0.05, 0) is 43.6 Å². The molecule has 0 radical (unpaired) electrons. The second-order valence-electron chi connectivity index (χ2n) is 5.78. The number of nitrogens with zero attached hydrogens (tertiary/aromatic N) is 2. The summed E-state index contributed by atoms with van der Waals surface area (Å²) in [4.78, 5) is 14.2. The van der Waals surface area contributed by atoms with Crippen molar-refractivity contribution in [3.63, 3.8) is 0 Å². The molecule has 3 heterocycles. The fourth-order valence-corrected chi connectivity index (χ4v) is 3.25. The van der Waals surface area contributed by atoms with Gasteiger partial charge in [0.15, 0.2) is 5.75 Å². The third-order valence-electron chi connectivity index (χ3n) is 4.00. The van der Waals surface area contributed by atoms with Gasteiger partial charge in [-0.15, -0.1) is 0 Å². The zero-order valence-corrected chi connectivity index (χ0v) is 13.8. The van der Waals surface area contributed by atoms with Crippen molar-refractivity contribution in [3.05, 3.63) is 46.4 Å². The second-order valence-corrected chi connectivity index (χ2v) is 7.32. The smallest absolute Gasteiger partial charge is 0.374 e. The van der Waals surface area contributed by atoms with Crippen LogP contribution in [0.3, 0.4) is 0 Å². The highest BCUT2D eigenvalue weighted by atomic mass is 32.2. The average Bonchev–Trinajstić information content (AvgIpc) is 3.02. The summed E-state index contributed by atoms with van der Waals surface area (Å²) < 4.78 is 64.6. The molecule has 0 aromatic carbocycles. The molecule has 3 rings (SSSR count). The molecule has 0 unspecified atom stereocenters. The van der Waals surface area contributed by atoms with E-state index in [1.807, 2.05) is 0 Å². The molecule has 0 atom stereocenters. The maximum Gasteiger partial charge on any atom is 0.534 e. The van der Waals surface area contributed by atoms with Gasteiger partial charge in [-0.3, -0.25) is 14.1 Å². The third kappa shape index (κ3) is 3.64. The maximum atomic E-state index is 12.4. The summed E-state index contributed by atoms with van der Waals surface area (Å²) in [6.07, 6.45) is 3.14. The Morgan fingerprint density at radius 1 is 1.08 bits per heavy atom. The zero-order chi connectivity index (χ0) is 18.2. The largest absolute Gasteiger partial charge is 0.534 e. The molecule has 1 aliphatic rings. The molecule has 0 spiro atoms. The molecule has 1 aliphatic heterocycles. The highest BCUT2D eigenvalue weighted by Crippen LogP contribution is 2.27. The van der Waals surface area contributed by atoms with Crippen molar-refractivity contribution >= 4 is 15.6 Å². The number of likely N-dealkylation sites (tertiary alicyclic amines) is 1. The summed E-state index contributed by atoms with van der Waals surface area (Å²) >= 11 is 0. The number of alkyl halides is 3. The molecule has 10 heteroatoms. The molecule has 2 aromatic rings. The van der Waals surface area contributed by atoms with Crippen LogP contribution in [0.25, 0.3) is 5.52 Å². The topological polar surface area (TPSA) is 68.1 Å². The molecule has 2 aromatic heterocycles. The molecule has 6 nitrogen and oxygen atoms in total. The van der Waals surface area contributed by atoms with Gasteiger partial charge in [-0.1, -0.05) is 6.07 Å². The van der Waals surface area contributed by atoms with E-state index in [2.05, 4.69) is 9.08 Å². The minimum Gasteiger partial charge on any atom is -0.374 e. The first-order valence-corrected chi connectivity index (χ1v) is 8.96. The highest BCUT2D eigenvalue weighted by Gasteiger charge is 2.48. The first kappa shape index (κ1) is 17.7. The van der Waals surface area contributed by atoms with Crippen LogP contribution >= 0.6 is 0 Å². The predicted molar refractivity (Wildman–Crippen MR) is 83.8 cm³/mol. The van der Waals surface area contributed by atoms with Gasteiger partial charge in [-0.2, -0.15) is 21.6 Å². The average molecular weight is 376 g/mol. The standard InChI is InChI=1S/C15H15F3N2O4S/c16-15(17,18)25(22,23)24-12-4-5-13-11(9-19-7-1-2-8-19)3-6-14(21)20(13)10-12/h3-6,10H,1-2,7-9H2. The molecule has 1 fully saturated rings. The summed E-state index contributed by atoms with van der Waals surface area (Å²) in [5.41, 5.74) is -4.71. The SMILES string of the molecule is O=c1ccc(CN2CCCC2)c2ccc(OS(=O)(=O)C(F)(F)F)cn12. The number of aromatic nitrogens is 1. The van der Waals surface area contributed by atoms with Crippen molar-refractivity contribution in [2.24, 2.45) is 0 Å². The Morgan fingerprint density at radius 2 is 1.76 bits per heavy atom. The fraction of sp³-hybridized carbons (Fsp3) is 0.400. The fourth-order valence-electron chi connectivity index (χ4n) is 2.80. The van der Waals surface area contributed by atoms with Crippen LogP contribution in [0.2, 0.25) is 0 Å². The molecule has 136 valence electrons. The summed E-state index contributed by atoms with van der Waals surface area (Å²) in [7, 11) is -5.78. The van der Waals surface area contributed by atoms with Crippen LogP contribution in [0.15, 0.2) is 35.3 Å². The third-order valence-corrected chi connectivity index (χ3v) is 4.98. The number of fused-ring (bicyclic) bond motifs is 1. The van der Waals surface area contributed by atoms with Crippen molar-refractivity contribution in [1.82, 2.24) is 9.30 Å². The number of pyridine rings is 2. The van der Waals surface area contributed by atoms with Crippen LogP contribution in [0.1, 0.15) is 18.4 Å². The molecular formula is C15H15F3N2O4S. The van der Waals surface area contributed by atoms with E-state index in [1.54, 1.807) is 6.07 Å². The predicted octanol–water partition coefficient (Wildman–Crippen LogP) is 2.12. The molecular weight excluding hydrogens is 361 g/mol. The van der Waals surface area contributed by atoms with Gasteiger partial charge in [-0.25, -0.2) is 0 Å². The molecule has 25 heavy (non-hydrogen) atoms. The van der Waals surface area contributed by atoms with E-state index in [0.717, 1.165) is 48.2 Å². The van der Waals surface area contributed by atoms with Gasteiger partial charge in [0.1, 0.15) is 0 Å². The second kappa shape index (κ2) is 6.34. The van der Waals surface area contributed by atoms with Gasteiger partial charge in [0.2, 0.25) is 0 Å². The molecule has 1 saturated heterocycles. The first-order valence-electron chi connectivity index (χ1n) is 7.55. The quantitative estimate of drug-likeness (QED) is 0.604. The van der Waals surface area contributed by atoms with Crippen LogP contribution in [0, 0.1) is 0 Å². The van der Waals surface area contributed by atoms with Gasteiger partial charge in [0.25, 0.3) is 5.56 Å². The van der Waals surface area contributed by atoms with Crippen molar-refractivity contribution in [2.45, 2.75) is 24.9 Å². The number of hydrogen-bond acceptors (Lipinski definition) is 5. The van der Waals surface area contributed by atoms with E-state index >= 15 is 0 Å². The molecule has 0 aliphatic carbocycles. The summed E-state index contributed by atoms with van der Waals surface area (Å²) in [6.45, 7) is 2.48. The van der Waals surface area contributed by atoms with Crippen molar-refractivity contribution in [2.75, 3.05) is 13.1 Å². The summed E-state index contributed by atoms with van der Waals surface area (Å²) in [5, 5.41) is 0. The van der Waals surface area contributed by atoms with Crippen LogP contribution in [0.5, 0.6) is 5.75 Å². The normalized spacial score (nSPS) is 16.4. The van der Waals surface area contributed by atoms with E-state index in [4.69, 9.17) is 0 Å².